The molecule has 0 aliphatic rings. The van der Waals surface area contributed by atoms with E-state index in [1.165, 1.54) is 6.07 Å². The van der Waals surface area contributed by atoms with Crippen molar-refractivity contribution in [3.05, 3.63) is 23.8 Å². The van der Waals surface area contributed by atoms with Crippen LogP contribution in [0.5, 0.6) is 11.5 Å². The molecule has 3 heteroatoms. The van der Waals surface area contributed by atoms with Crippen molar-refractivity contribution < 1.29 is 15.3 Å². The van der Waals surface area contributed by atoms with Gasteiger partial charge in [-0.15, -0.1) is 0 Å². The Bertz CT molecular complexity index is 271. The second-order valence-corrected chi connectivity index (χ2v) is 2.97. The van der Waals surface area contributed by atoms with Crippen LogP contribution in [0.15, 0.2) is 18.2 Å². The molecule has 0 bridgehead atoms. The Balaban J connectivity index is 2.61. The van der Waals surface area contributed by atoms with E-state index in [0.717, 1.165) is 18.4 Å². The van der Waals surface area contributed by atoms with Crippen LogP contribution in [0.2, 0.25) is 0 Å². The van der Waals surface area contributed by atoms with Gasteiger partial charge in [-0.3, -0.25) is 0 Å². The number of aromatic hydroxyl groups is 2. The highest BCUT2D eigenvalue weighted by Gasteiger charge is 2.04. The Kier molecular flexibility index (Phi) is 3.58. The molecule has 0 saturated heterocycles. The van der Waals surface area contributed by atoms with E-state index >= 15 is 0 Å². The number of para-hydroxylation sites is 1. The Labute approximate surface area is 77.3 Å². The van der Waals surface area contributed by atoms with Crippen LogP contribution in [0.4, 0.5) is 0 Å². The summed E-state index contributed by atoms with van der Waals surface area (Å²) in [5, 5.41) is 27.1. The zero-order valence-electron chi connectivity index (χ0n) is 7.40. The highest BCUT2D eigenvalue weighted by molar-refractivity contribution is 5.44. The largest absolute Gasteiger partial charge is 0.504 e. The fourth-order valence-electron chi connectivity index (χ4n) is 1.21. The van der Waals surface area contributed by atoms with Gasteiger partial charge in [0.2, 0.25) is 0 Å². The van der Waals surface area contributed by atoms with Gasteiger partial charge in [0, 0.05) is 6.61 Å². The molecule has 0 radical (unpaired) electrons. The van der Waals surface area contributed by atoms with Crippen molar-refractivity contribution in [2.45, 2.75) is 19.3 Å². The number of unbranched alkanes of at least 4 members (excludes halogenated alkanes) is 1. The molecule has 0 aliphatic carbocycles. The second kappa shape index (κ2) is 4.72. The summed E-state index contributed by atoms with van der Waals surface area (Å²) >= 11 is 0. The first-order chi connectivity index (χ1) is 6.25. The van der Waals surface area contributed by atoms with Crippen molar-refractivity contribution in [3.8, 4) is 11.5 Å². The molecule has 0 atom stereocenters. The van der Waals surface area contributed by atoms with E-state index < -0.39 is 0 Å². The van der Waals surface area contributed by atoms with E-state index in [4.69, 9.17) is 10.2 Å². The van der Waals surface area contributed by atoms with Crippen LogP contribution in [0.3, 0.4) is 0 Å². The number of hydrogen-bond acceptors (Lipinski definition) is 3. The average molecular weight is 182 g/mol. The molecular formula is C10H14O3. The van der Waals surface area contributed by atoms with Gasteiger partial charge in [0.15, 0.2) is 11.5 Å². The van der Waals surface area contributed by atoms with Gasteiger partial charge in [0.05, 0.1) is 0 Å². The molecule has 0 heterocycles. The van der Waals surface area contributed by atoms with Gasteiger partial charge in [-0.2, -0.15) is 0 Å². The second-order valence-electron chi connectivity index (χ2n) is 2.97. The number of rotatable bonds is 4. The maximum Gasteiger partial charge on any atom is 0.160 e. The summed E-state index contributed by atoms with van der Waals surface area (Å²) in [6.45, 7) is 0.166. The fraction of sp³-hybridized carbons (Fsp3) is 0.400. The van der Waals surface area contributed by atoms with Crippen LogP contribution >= 0.6 is 0 Å². The first-order valence-corrected chi connectivity index (χ1v) is 4.36. The van der Waals surface area contributed by atoms with E-state index in [1.807, 2.05) is 0 Å². The lowest BCUT2D eigenvalue weighted by molar-refractivity contribution is 0.284. The van der Waals surface area contributed by atoms with Crippen molar-refractivity contribution in [2.75, 3.05) is 6.61 Å². The minimum absolute atomic E-state index is 0.0413. The highest BCUT2D eigenvalue weighted by Crippen LogP contribution is 2.28. The van der Waals surface area contributed by atoms with E-state index in [0.29, 0.717) is 6.42 Å². The lowest BCUT2D eigenvalue weighted by Gasteiger charge is -2.04. The summed E-state index contributed by atoms with van der Waals surface area (Å²) in [5.74, 6) is -0.123. The smallest absolute Gasteiger partial charge is 0.160 e. The average Bonchev–Trinajstić information content (AvgIpc) is 2.13. The molecule has 1 aromatic rings. The summed E-state index contributed by atoms with van der Waals surface area (Å²) in [5.41, 5.74) is 0.730. The van der Waals surface area contributed by atoms with Crippen molar-refractivity contribution in [1.82, 2.24) is 0 Å². The number of aliphatic hydroxyl groups excluding tert-OH is 1. The summed E-state index contributed by atoms with van der Waals surface area (Å²) < 4.78 is 0. The normalized spacial score (nSPS) is 10.2. The molecule has 3 N–H and O–H groups in total. The third kappa shape index (κ3) is 2.63. The summed E-state index contributed by atoms with van der Waals surface area (Å²) in [7, 11) is 0. The van der Waals surface area contributed by atoms with Crippen molar-refractivity contribution in [1.29, 1.82) is 0 Å². The molecule has 0 aliphatic heterocycles. The molecule has 1 rings (SSSR count). The van der Waals surface area contributed by atoms with E-state index in [2.05, 4.69) is 0 Å². The Morgan fingerprint density at radius 2 is 1.85 bits per heavy atom. The molecule has 0 aromatic heterocycles. The van der Waals surface area contributed by atoms with Gasteiger partial charge in [-0.05, 0) is 30.9 Å². The van der Waals surface area contributed by atoms with Crippen LogP contribution in [-0.2, 0) is 6.42 Å². The zero-order chi connectivity index (χ0) is 9.68. The number of hydrogen-bond donors (Lipinski definition) is 3. The number of aryl methyl sites for hydroxylation is 1. The summed E-state index contributed by atoms with van der Waals surface area (Å²) in [4.78, 5) is 0. The van der Waals surface area contributed by atoms with Gasteiger partial charge in [0.25, 0.3) is 0 Å². The minimum Gasteiger partial charge on any atom is -0.504 e. The quantitative estimate of drug-likeness (QED) is 0.487. The Morgan fingerprint density at radius 1 is 1.08 bits per heavy atom. The molecule has 13 heavy (non-hydrogen) atoms. The standard InChI is InChI=1S/C10H14O3/c11-7-2-1-4-8-5-3-6-9(12)10(8)13/h3,5-6,11-13H,1-2,4,7H2. The highest BCUT2D eigenvalue weighted by atomic mass is 16.3. The Morgan fingerprint density at radius 3 is 2.54 bits per heavy atom. The maximum absolute atomic E-state index is 9.38. The lowest BCUT2D eigenvalue weighted by Crippen LogP contribution is -1.89. The first kappa shape index (κ1) is 9.86. The minimum atomic E-state index is -0.0819. The predicted octanol–water partition coefficient (Wildman–Crippen LogP) is 1.41. The summed E-state index contributed by atoms with van der Waals surface area (Å²) in [6, 6.07) is 4.92. The van der Waals surface area contributed by atoms with E-state index in [9.17, 15) is 5.11 Å². The van der Waals surface area contributed by atoms with Crippen LogP contribution in [0, 0.1) is 0 Å². The number of phenols is 2. The molecule has 3 nitrogen and oxygen atoms in total. The molecule has 0 fully saturated rings. The SMILES string of the molecule is OCCCCc1cccc(O)c1O. The number of aliphatic hydroxyl groups is 1. The van der Waals surface area contributed by atoms with Crippen molar-refractivity contribution in [2.24, 2.45) is 0 Å². The molecular weight excluding hydrogens is 168 g/mol. The van der Waals surface area contributed by atoms with E-state index in [-0.39, 0.29) is 18.1 Å². The van der Waals surface area contributed by atoms with Gasteiger partial charge < -0.3 is 15.3 Å². The van der Waals surface area contributed by atoms with Gasteiger partial charge in [-0.25, -0.2) is 0 Å². The maximum atomic E-state index is 9.38. The monoisotopic (exact) mass is 182 g/mol. The van der Waals surface area contributed by atoms with Gasteiger partial charge >= 0.3 is 0 Å². The van der Waals surface area contributed by atoms with Crippen molar-refractivity contribution >= 4 is 0 Å². The number of benzene rings is 1. The lowest BCUT2D eigenvalue weighted by atomic mass is 10.1. The molecule has 72 valence electrons. The van der Waals surface area contributed by atoms with E-state index in [1.54, 1.807) is 12.1 Å². The predicted molar refractivity (Wildman–Crippen MR) is 49.8 cm³/mol. The van der Waals surface area contributed by atoms with Gasteiger partial charge in [0.1, 0.15) is 0 Å². The first-order valence-electron chi connectivity index (χ1n) is 4.36. The molecule has 0 unspecified atom stereocenters. The van der Waals surface area contributed by atoms with Gasteiger partial charge in [-0.1, -0.05) is 12.1 Å². The third-order valence-corrected chi connectivity index (χ3v) is 1.95. The van der Waals surface area contributed by atoms with Crippen LogP contribution in [0.25, 0.3) is 0 Å². The number of phenolic OH excluding ortho intramolecular Hbond substituents is 2. The topological polar surface area (TPSA) is 60.7 Å². The molecule has 0 spiro atoms. The van der Waals surface area contributed by atoms with Crippen LogP contribution in [0.1, 0.15) is 18.4 Å². The zero-order valence-corrected chi connectivity index (χ0v) is 7.40. The third-order valence-electron chi connectivity index (χ3n) is 1.95. The van der Waals surface area contributed by atoms with Crippen LogP contribution < -0.4 is 0 Å². The molecule has 0 saturated carbocycles. The summed E-state index contributed by atoms with van der Waals surface area (Å²) in [6.07, 6.45) is 2.21. The van der Waals surface area contributed by atoms with Crippen LogP contribution in [-0.4, -0.2) is 21.9 Å². The Hall–Kier alpha value is -1.22. The molecule has 0 amide bonds. The van der Waals surface area contributed by atoms with Crippen molar-refractivity contribution in [3.63, 3.8) is 0 Å². The molecule has 1 aromatic carbocycles. The fourth-order valence-corrected chi connectivity index (χ4v) is 1.21.